The van der Waals surface area contributed by atoms with Gasteiger partial charge in [-0.05, 0) is 43.7 Å². The van der Waals surface area contributed by atoms with Crippen molar-refractivity contribution in [3.63, 3.8) is 0 Å². The number of ether oxygens (including phenoxy) is 3. The van der Waals surface area contributed by atoms with E-state index in [9.17, 15) is 35.1 Å². The van der Waals surface area contributed by atoms with E-state index in [2.05, 4.69) is 4.98 Å². The van der Waals surface area contributed by atoms with Gasteiger partial charge in [-0.2, -0.15) is 0 Å². The number of nitrogens with one attached hydrogen (secondary N) is 1. The van der Waals surface area contributed by atoms with Crippen LogP contribution in [-0.2, 0) is 19.0 Å². The lowest BCUT2D eigenvalue weighted by atomic mass is 9.52. The van der Waals surface area contributed by atoms with Crippen LogP contribution < -0.4 is 5.73 Å². The van der Waals surface area contributed by atoms with E-state index < -0.39 is 87.0 Å². The molecule has 222 valence electrons. The molecule has 2 aliphatic heterocycles. The number of carbonyl (C=O) groups excluding carboxylic acids is 2. The number of carbonyl (C=O) groups is 2. The Morgan fingerprint density at radius 3 is 2.42 bits per heavy atom. The summed E-state index contributed by atoms with van der Waals surface area (Å²) in [7, 11) is 0. The van der Waals surface area contributed by atoms with Crippen molar-refractivity contribution in [2.45, 2.75) is 106 Å². The van der Waals surface area contributed by atoms with Gasteiger partial charge in [-0.15, -0.1) is 0 Å². The van der Waals surface area contributed by atoms with Gasteiger partial charge in [-0.1, -0.05) is 27.7 Å². The van der Waals surface area contributed by atoms with Gasteiger partial charge in [0.1, 0.15) is 34.2 Å². The standard InChI is InChI=1S/C28H40N2O10/c1-14(2)25(35)20(39-19(32)16-7-6-12-30-16)26(36)21(4)13-24(34)22(25,5)28(26,37)27(40-24)18(38-17(31)9-11-29)15(3)8-10-23(21,27)33/h6-7,12,14-15,18,20,30,33-37H,8-11,13,29H2,1-5H3/t15-,18+,20+,21-,22+,23-,24-,25+,26+,27+,28+/m0/s1. The van der Waals surface area contributed by atoms with Crippen LogP contribution in [0.25, 0.3) is 0 Å². The highest BCUT2D eigenvalue weighted by molar-refractivity contribution is 5.87. The number of hydrogen-bond acceptors (Lipinski definition) is 11. The summed E-state index contributed by atoms with van der Waals surface area (Å²) >= 11 is 0. The molecule has 8 N–H and O–H groups in total. The fourth-order valence-electron chi connectivity index (χ4n) is 10.1. The summed E-state index contributed by atoms with van der Waals surface area (Å²) in [6, 6.07) is 3.04. The zero-order valence-electron chi connectivity index (χ0n) is 23.4. The van der Waals surface area contributed by atoms with Crippen molar-refractivity contribution in [3.8, 4) is 0 Å². The zero-order chi connectivity index (χ0) is 29.5. The molecule has 11 atom stereocenters. The fraction of sp³-hybridized carbons (Fsp3) is 0.786. The normalized spacial score (nSPS) is 53.6. The van der Waals surface area contributed by atoms with E-state index in [1.165, 1.54) is 26.1 Å². The third-order valence-electron chi connectivity index (χ3n) is 11.9. The number of nitrogens with two attached hydrogens (primary N) is 1. The van der Waals surface area contributed by atoms with E-state index in [0.717, 1.165) is 0 Å². The molecule has 6 aliphatic rings. The van der Waals surface area contributed by atoms with E-state index in [0.29, 0.717) is 6.42 Å². The minimum atomic E-state index is -2.66. The van der Waals surface area contributed by atoms with Crippen LogP contribution in [0.5, 0.6) is 0 Å². The Morgan fingerprint density at radius 2 is 1.85 bits per heavy atom. The van der Waals surface area contributed by atoms with E-state index in [-0.39, 0.29) is 25.1 Å². The molecular formula is C28H40N2O10. The molecule has 12 heteroatoms. The van der Waals surface area contributed by atoms with Gasteiger partial charge in [0.2, 0.25) is 0 Å². The third-order valence-corrected chi connectivity index (χ3v) is 11.9. The van der Waals surface area contributed by atoms with E-state index in [4.69, 9.17) is 19.9 Å². The molecule has 1 spiro atoms. The highest BCUT2D eigenvalue weighted by Gasteiger charge is 3.10. The second-order valence-electron chi connectivity index (χ2n) is 13.4. The van der Waals surface area contributed by atoms with Crippen molar-refractivity contribution in [1.82, 2.24) is 4.98 Å². The maximum Gasteiger partial charge on any atom is 0.355 e. The SMILES string of the molecule is CC(C)[C@@]1(O)[C@@H](OC(=O)c2ccc[nH]2)[C@@]2(O)[C@@]3(C)C[C@]4(O)O[C@@]5([C@H](OC(=O)CCN)[C@@H](C)CC[C@]35O)[C@@]2(O)[C@@]14C. The quantitative estimate of drug-likeness (QED) is 0.224. The third kappa shape index (κ3) is 2.31. The Bertz CT molecular complexity index is 1270. The zero-order valence-corrected chi connectivity index (χ0v) is 23.4. The Balaban J connectivity index is 1.65. The monoisotopic (exact) mass is 564 g/mol. The van der Waals surface area contributed by atoms with E-state index >= 15 is 0 Å². The number of aromatic amines is 1. The molecule has 1 aromatic rings. The van der Waals surface area contributed by atoms with Crippen LogP contribution in [0.15, 0.2) is 18.3 Å². The maximum absolute atomic E-state index is 13.4. The molecule has 0 amide bonds. The molecular weight excluding hydrogens is 524 g/mol. The first-order valence-corrected chi connectivity index (χ1v) is 14.0. The summed E-state index contributed by atoms with van der Waals surface area (Å²) in [5, 5.41) is 63.9. The molecule has 1 aromatic heterocycles. The van der Waals surface area contributed by atoms with Crippen LogP contribution in [0.1, 0.15) is 70.8 Å². The summed E-state index contributed by atoms with van der Waals surface area (Å²) in [6.45, 7) is 7.89. The van der Waals surface area contributed by atoms with Gasteiger partial charge in [0, 0.05) is 24.6 Å². The smallest absolute Gasteiger partial charge is 0.355 e. The number of aromatic nitrogens is 1. The minimum Gasteiger partial charge on any atom is -0.459 e. The van der Waals surface area contributed by atoms with Gasteiger partial charge in [0.15, 0.2) is 17.5 Å². The number of aliphatic hydroxyl groups is 5. The van der Waals surface area contributed by atoms with Gasteiger partial charge < -0.3 is 50.5 Å². The number of H-pyrrole nitrogens is 1. The maximum atomic E-state index is 13.4. The number of rotatable bonds is 6. The lowest BCUT2D eigenvalue weighted by Gasteiger charge is -2.61. The summed E-state index contributed by atoms with van der Waals surface area (Å²) in [4.78, 5) is 28.9. The van der Waals surface area contributed by atoms with Crippen LogP contribution in [0, 0.1) is 22.7 Å². The highest BCUT2D eigenvalue weighted by Crippen LogP contribution is 2.90. The van der Waals surface area contributed by atoms with E-state index in [1.54, 1.807) is 26.8 Å². The molecule has 3 heterocycles. The summed E-state index contributed by atoms with van der Waals surface area (Å²) in [5.74, 6) is -5.23. The molecule has 6 bridgehead atoms. The van der Waals surface area contributed by atoms with Crippen LogP contribution in [0.3, 0.4) is 0 Å². The van der Waals surface area contributed by atoms with Crippen molar-refractivity contribution >= 4 is 11.9 Å². The van der Waals surface area contributed by atoms with Crippen LogP contribution in [0.2, 0.25) is 0 Å². The Kier molecular flexibility index (Phi) is 5.37. The van der Waals surface area contributed by atoms with Gasteiger partial charge in [-0.3, -0.25) is 4.79 Å². The molecule has 0 radical (unpaired) electrons. The molecule has 12 nitrogen and oxygen atoms in total. The molecule has 0 unspecified atom stereocenters. The number of hydrogen-bond donors (Lipinski definition) is 7. The summed E-state index contributed by atoms with van der Waals surface area (Å²) in [6.07, 6.45) is -1.84. The Labute approximate surface area is 231 Å². The molecule has 2 saturated heterocycles. The first-order valence-electron chi connectivity index (χ1n) is 14.0. The largest absolute Gasteiger partial charge is 0.459 e. The lowest BCUT2D eigenvalue weighted by molar-refractivity contribution is -0.390. The fourth-order valence-corrected chi connectivity index (χ4v) is 10.1. The van der Waals surface area contributed by atoms with Gasteiger partial charge in [0.05, 0.1) is 11.8 Å². The molecule has 6 fully saturated rings. The Hall–Kier alpha value is -2.06. The summed E-state index contributed by atoms with van der Waals surface area (Å²) in [5.41, 5.74) is -10.1. The predicted molar refractivity (Wildman–Crippen MR) is 136 cm³/mol. The van der Waals surface area contributed by atoms with Gasteiger partial charge in [0.25, 0.3) is 0 Å². The molecule has 4 aliphatic carbocycles. The first-order chi connectivity index (χ1) is 18.4. The lowest BCUT2D eigenvalue weighted by Crippen LogP contribution is -2.75. The van der Waals surface area contributed by atoms with Crippen molar-refractivity contribution in [2.24, 2.45) is 28.4 Å². The van der Waals surface area contributed by atoms with Gasteiger partial charge >= 0.3 is 11.9 Å². The molecule has 0 aromatic carbocycles. The van der Waals surface area contributed by atoms with Gasteiger partial charge in [-0.25, -0.2) is 4.79 Å². The molecule has 40 heavy (non-hydrogen) atoms. The van der Waals surface area contributed by atoms with Crippen molar-refractivity contribution in [1.29, 1.82) is 0 Å². The topological polar surface area (TPSA) is 205 Å². The first kappa shape index (κ1) is 28.1. The van der Waals surface area contributed by atoms with Crippen molar-refractivity contribution in [2.75, 3.05) is 6.54 Å². The van der Waals surface area contributed by atoms with Crippen LogP contribution >= 0.6 is 0 Å². The van der Waals surface area contributed by atoms with Crippen LogP contribution in [0.4, 0.5) is 0 Å². The Morgan fingerprint density at radius 1 is 1.18 bits per heavy atom. The predicted octanol–water partition coefficient (Wildman–Crippen LogP) is -0.288. The van der Waals surface area contributed by atoms with Crippen LogP contribution in [-0.4, -0.2) is 95.0 Å². The molecule has 7 rings (SSSR count). The highest BCUT2D eigenvalue weighted by atomic mass is 16.7. The minimum absolute atomic E-state index is 0.00446. The summed E-state index contributed by atoms with van der Waals surface area (Å²) < 4.78 is 18.2. The average molecular weight is 565 g/mol. The van der Waals surface area contributed by atoms with Crippen molar-refractivity contribution in [3.05, 3.63) is 24.0 Å². The number of esters is 2. The second kappa shape index (κ2) is 7.66. The second-order valence-corrected chi connectivity index (χ2v) is 13.4. The average Bonchev–Trinajstić information content (AvgIpc) is 3.50. The van der Waals surface area contributed by atoms with E-state index in [1.807, 2.05) is 0 Å². The molecule has 4 saturated carbocycles. The van der Waals surface area contributed by atoms with Crippen molar-refractivity contribution < 1.29 is 49.3 Å².